The van der Waals surface area contributed by atoms with Gasteiger partial charge in [0.25, 0.3) is 5.91 Å². The number of hydrogen-bond acceptors (Lipinski definition) is 3. The van der Waals surface area contributed by atoms with Crippen LogP contribution in [-0.4, -0.2) is 23.0 Å². The van der Waals surface area contributed by atoms with Crippen molar-refractivity contribution in [1.82, 2.24) is 4.90 Å². The van der Waals surface area contributed by atoms with Crippen molar-refractivity contribution in [3.8, 4) is 5.75 Å². The van der Waals surface area contributed by atoms with Gasteiger partial charge in [0, 0.05) is 19.2 Å². The van der Waals surface area contributed by atoms with E-state index in [-0.39, 0.29) is 11.7 Å². The molecule has 108 valence electrons. The summed E-state index contributed by atoms with van der Waals surface area (Å²) in [7, 11) is 1.78. The normalized spacial score (nSPS) is 13.0. The molecule has 1 amide bonds. The third kappa shape index (κ3) is 2.90. The van der Waals surface area contributed by atoms with Crippen molar-refractivity contribution in [2.75, 3.05) is 7.05 Å². The molecule has 1 aliphatic rings. The van der Waals surface area contributed by atoms with E-state index < -0.39 is 0 Å². The van der Waals surface area contributed by atoms with Gasteiger partial charge in [-0.1, -0.05) is 18.2 Å². The lowest BCUT2D eigenvalue weighted by molar-refractivity contribution is 0.0785. The van der Waals surface area contributed by atoms with E-state index in [9.17, 15) is 9.90 Å². The molecule has 0 atom stereocenters. The van der Waals surface area contributed by atoms with E-state index in [1.807, 2.05) is 30.3 Å². The molecule has 2 aromatic carbocycles. The number of carbonyl (C=O) groups excluding carboxylic acids is 1. The Hall–Kier alpha value is -2.33. The minimum absolute atomic E-state index is 0.0159. The molecule has 0 saturated heterocycles. The molecule has 2 aromatic rings. The monoisotopic (exact) mass is 283 g/mol. The number of ether oxygens (including phenoxy) is 1. The molecule has 0 saturated carbocycles. The number of benzene rings is 2. The molecule has 4 heteroatoms. The molecule has 0 aromatic heterocycles. The molecule has 0 bridgehead atoms. The summed E-state index contributed by atoms with van der Waals surface area (Å²) in [5, 5.41) is 9.28. The molecule has 1 aliphatic heterocycles. The van der Waals surface area contributed by atoms with E-state index in [0.29, 0.717) is 25.3 Å². The fourth-order valence-corrected chi connectivity index (χ4v) is 2.47. The van der Waals surface area contributed by atoms with E-state index in [4.69, 9.17) is 4.74 Å². The van der Waals surface area contributed by atoms with Gasteiger partial charge in [-0.2, -0.15) is 0 Å². The molecule has 21 heavy (non-hydrogen) atoms. The van der Waals surface area contributed by atoms with Crippen molar-refractivity contribution < 1.29 is 14.6 Å². The van der Waals surface area contributed by atoms with Gasteiger partial charge in [-0.3, -0.25) is 4.79 Å². The van der Waals surface area contributed by atoms with Gasteiger partial charge >= 0.3 is 0 Å². The SMILES string of the molecule is CN(Cc1ccc(O)cc1)C(=O)c1ccc2c(c1)COC2. The Morgan fingerprint density at radius 2 is 1.86 bits per heavy atom. The van der Waals surface area contributed by atoms with Gasteiger partial charge in [-0.15, -0.1) is 0 Å². The Labute approximate surface area is 123 Å². The van der Waals surface area contributed by atoms with Gasteiger partial charge in [0.15, 0.2) is 0 Å². The molecular weight excluding hydrogens is 266 g/mol. The van der Waals surface area contributed by atoms with Crippen LogP contribution in [0.4, 0.5) is 0 Å². The van der Waals surface area contributed by atoms with E-state index in [2.05, 4.69) is 0 Å². The third-order valence-electron chi connectivity index (χ3n) is 3.67. The first kappa shape index (κ1) is 13.6. The first-order valence-corrected chi connectivity index (χ1v) is 6.86. The van der Waals surface area contributed by atoms with Gasteiger partial charge in [0.05, 0.1) is 13.2 Å². The number of aromatic hydroxyl groups is 1. The van der Waals surface area contributed by atoms with Crippen molar-refractivity contribution in [2.24, 2.45) is 0 Å². The van der Waals surface area contributed by atoms with Crippen molar-refractivity contribution in [1.29, 1.82) is 0 Å². The lowest BCUT2D eigenvalue weighted by atomic mass is 10.1. The molecule has 3 rings (SSSR count). The largest absolute Gasteiger partial charge is 0.508 e. The van der Waals surface area contributed by atoms with Crippen molar-refractivity contribution in [3.63, 3.8) is 0 Å². The van der Waals surface area contributed by atoms with E-state index >= 15 is 0 Å². The van der Waals surface area contributed by atoms with Gasteiger partial charge in [-0.25, -0.2) is 0 Å². The minimum Gasteiger partial charge on any atom is -0.508 e. The van der Waals surface area contributed by atoms with Crippen LogP contribution < -0.4 is 0 Å². The lowest BCUT2D eigenvalue weighted by Crippen LogP contribution is -2.26. The zero-order chi connectivity index (χ0) is 14.8. The number of hydrogen-bond donors (Lipinski definition) is 1. The van der Waals surface area contributed by atoms with Crippen LogP contribution in [0.15, 0.2) is 42.5 Å². The summed E-state index contributed by atoms with van der Waals surface area (Å²) in [4.78, 5) is 14.1. The van der Waals surface area contributed by atoms with Crippen molar-refractivity contribution in [2.45, 2.75) is 19.8 Å². The van der Waals surface area contributed by atoms with Crippen molar-refractivity contribution in [3.05, 3.63) is 64.7 Å². The molecule has 0 fully saturated rings. The maximum absolute atomic E-state index is 12.5. The van der Waals surface area contributed by atoms with Crippen LogP contribution >= 0.6 is 0 Å². The molecule has 1 heterocycles. The minimum atomic E-state index is -0.0159. The van der Waals surface area contributed by atoms with Gasteiger partial charge in [0.1, 0.15) is 5.75 Å². The first-order chi connectivity index (χ1) is 10.1. The number of phenols is 1. The number of fused-ring (bicyclic) bond motifs is 1. The average Bonchev–Trinajstić information content (AvgIpc) is 2.96. The van der Waals surface area contributed by atoms with Gasteiger partial charge < -0.3 is 14.7 Å². The predicted molar refractivity (Wildman–Crippen MR) is 78.8 cm³/mol. The molecule has 1 N–H and O–H groups in total. The Morgan fingerprint density at radius 3 is 2.62 bits per heavy atom. The Balaban J connectivity index is 1.73. The third-order valence-corrected chi connectivity index (χ3v) is 3.67. The van der Waals surface area contributed by atoms with E-state index in [0.717, 1.165) is 16.7 Å². The fraction of sp³-hybridized carbons (Fsp3) is 0.235. The number of rotatable bonds is 3. The number of amides is 1. The van der Waals surface area contributed by atoms with Gasteiger partial charge in [0.2, 0.25) is 0 Å². The highest BCUT2D eigenvalue weighted by Gasteiger charge is 2.17. The number of carbonyl (C=O) groups is 1. The second kappa shape index (κ2) is 5.58. The van der Waals surface area contributed by atoms with Crippen LogP contribution in [0.2, 0.25) is 0 Å². The second-order valence-corrected chi connectivity index (χ2v) is 5.30. The standard InChI is InChI=1S/C17H17NO3/c1-18(9-12-2-6-16(19)7-3-12)17(20)13-4-5-14-10-21-11-15(14)8-13/h2-8,19H,9-11H2,1H3. The maximum atomic E-state index is 12.5. The van der Waals surface area contributed by atoms with Gasteiger partial charge in [-0.05, 0) is 41.0 Å². The lowest BCUT2D eigenvalue weighted by Gasteiger charge is -2.18. The van der Waals surface area contributed by atoms with E-state index in [1.54, 1.807) is 24.1 Å². The fourth-order valence-electron chi connectivity index (χ4n) is 2.47. The summed E-state index contributed by atoms with van der Waals surface area (Å²) in [5.74, 6) is 0.212. The molecule has 4 nitrogen and oxygen atoms in total. The quantitative estimate of drug-likeness (QED) is 0.942. The number of phenolic OH excluding ortho intramolecular Hbond substituents is 1. The van der Waals surface area contributed by atoms with Crippen LogP contribution in [0.1, 0.15) is 27.0 Å². The molecule has 0 radical (unpaired) electrons. The Morgan fingerprint density at radius 1 is 1.14 bits per heavy atom. The highest BCUT2D eigenvalue weighted by atomic mass is 16.5. The zero-order valence-corrected chi connectivity index (χ0v) is 11.9. The zero-order valence-electron chi connectivity index (χ0n) is 11.9. The summed E-state index contributed by atoms with van der Waals surface area (Å²) in [6.45, 7) is 1.72. The smallest absolute Gasteiger partial charge is 0.253 e. The molecule has 0 unspecified atom stereocenters. The van der Waals surface area contributed by atoms with Crippen molar-refractivity contribution >= 4 is 5.91 Å². The average molecular weight is 283 g/mol. The first-order valence-electron chi connectivity index (χ1n) is 6.86. The molecule has 0 aliphatic carbocycles. The number of nitrogens with zero attached hydrogens (tertiary/aromatic N) is 1. The second-order valence-electron chi connectivity index (χ2n) is 5.30. The summed E-state index contributed by atoms with van der Waals surface area (Å²) in [6, 6.07) is 12.6. The summed E-state index contributed by atoms with van der Waals surface area (Å²) in [5.41, 5.74) is 3.92. The molecular formula is C17H17NO3. The van der Waals surface area contributed by atoms with Crippen LogP contribution in [0, 0.1) is 0 Å². The summed E-state index contributed by atoms with van der Waals surface area (Å²) >= 11 is 0. The van der Waals surface area contributed by atoms with Crippen LogP contribution in [0.3, 0.4) is 0 Å². The Kier molecular flexibility index (Phi) is 3.62. The topological polar surface area (TPSA) is 49.8 Å². The van der Waals surface area contributed by atoms with Crippen LogP contribution in [-0.2, 0) is 24.5 Å². The highest BCUT2D eigenvalue weighted by molar-refractivity contribution is 5.94. The highest BCUT2D eigenvalue weighted by Crippen LogP contribution is 2.22. The van der Waals surface area contributed by atoms with E-state index in [1.165, 1.54) is 0 Å². The predicted octanol–water partition coefficient (Wildman–Crippen LogP) is 2.69. The van der Waals surface area contributed by atoms with Crippen LogP contribution in [0.5, 0.6) is 5.75 Å². The van der Waals surface area contributed by atoms with Crippen LogP contribution in [0.25, 0.3) is 0 Å². The summed E-state index contributed by atoms with van der Waals surface area (Å²) in [6.07, 6.45) is 0. The molecule has 0 spiro atoms. The Bertz CT molecular complexity index is 664. The summed E-state index contributed by atoms with van der Waals surface area (Å²) < 4.78 is 5.37. The maximum Gasteiger partial charge on any atom is 0.253 e.